The van der Waals surface area contributed by atoms with E-state index in [0.29, 0.717) is 24.5 Å². The van der Waals surface area contributed by atoms with Crippen molar-refractivity contribution in [3.05, 3.63) is 47.5 Å². The van der Waals surface area contributed by atoms with E-state index < -0.39 is 5.41 Å². The van der Waals surface area contributed by atoms with Crippen LogP contribution in [0.4, 0.5) is 0 Å². The molecule has 24 heavy (non-hydrogen) atoms. The molecule has 4 heteroatoms. The molecule has 2 saturated carbocycles. The van der Waals surface area contributed by atoms with Crippen LogP contribution in [0.1, 0.15) is 41.6 Å². The van der Waals surface area contributed by atoms with Gasteiger partial charge in [0, 0.05) is 18.0 Å². The summed E-state index contributed by atoms with van der Waals surface area (Å²) in [6.07, 6.45) is 4.72. The van der Waals surface area contributed by atoms with Gasteiger partial charge in [0.25, 0.3) is 5.91 Å². The van der Waals surface area contributed by atoms with Gasteiger partial charge in [-0.05, 0) is 55.7 Å². The maximum absolute atomic E-state index is 12.3. The van der Waals surface area contributed by atoms with Crippen molar-refractivity contribution in [2.75, 3.05) is 13.2 Å². The Hall–Kier alpha value is -2.10. The fraction of sp³-hybridized carbons (Fsp3) is 0.500. The smallest absolute Gasteiger partial charge is 0.313 e. The minimum absolute atomic E-state index is 0.0148. The second-order valence-corrected chi connectivity index (χ2v) is 7.61. The number of rotatable bonds is 5. The molecule has 3 fully saturated rings. The lowest BCUT2D eigenvalue weighted by atomic mass is 9.75. The summed E-state index contributed by atoms with van der Waals surface area (Å²) in [4.78, 5) is 24.4. The third-order valence-corrected chi connectivity index (χ3v) is 5.69. The first kappa shape index (κ1) is 15.4. The van der Waals surface area contributed by atoms with Gasteiger partial charge < -0.3 is 10.1 Å². The maximum Gasteiger partial charge on any atom is 0.313 e. The van der Waals surface area contributed by atoms with Gasteiger partial charge in [0.05, 0.1) is 12.0 Å². The van der Waals surface area contributed by atoms with E-state index in [1.54, 1.807) is 0 Å². The highest BCUT2D eigenvalue weighted by atomic mass is 16.5. The molecule has 2 atom stereocenters. The number of fused-ring (bicyclic) bond motifs is 1. The Kier molecular flexibility index (Phi) is 3.70. The molecule has 2 aliphatic carbocycles. The normalized spacial score (nSPS) is 28.6. The summed E-state index contributed by atoms with van der Waals surface area (Å²) in [5, 5.41) is 2.98. The van der Waals surface area contributed by atoms with E-state index in [1.807, 2.05) is 24.3 Å². The molecule has 3 aliphatic rings. The van der Waals surface area contributed by atoms with Crippen molar-refractivity contribution in [2.45, 2.75) is 32.1 Å². The predicted octanol–water partition coefficient (Wildman–Crippen LogP) is 2.88. The van der Waals surface area contributed by atoms with E-state index in [4.69, 9.17) is 4.74 Å². The van der Waals surface area contributed by atoms with Gasteiger partial charge in [0.2, 0.25) is 0 Å². The molecule has 1 aromatic carbocycles. The molecule has 1 heterocycles. The maximum atomic E-state index is 12.3. The average Bonchev–Trinajstić information content (AvgIpc) is 3.29. The number of cyclic esters (lactones) is 1. The molecular formula is C20H23NO3. The number of benzene rings is 1. The van der Waals surface area contributed by atoms with Crippen LogP contribution in [0.25, 0.3) is 0 Å². The van der Waals surface area contributed by atoms with E-state index in [-0.39, 0.29) is 17.8 Å². The van der Waals surface area contributed by atoms with Gasteiger partial charge in [-0.1, -0.05) is 24.3 Å². The fourth-order valence-electron chi connectivity index (χ4n) is 4.06. The molecule has 126 valence electrons. The number of amides is 1. The highest BCUT2D eigenvalue weighted by molar-refractivity contribution is 5.94. The fourth-order valence-corrected chi connectivity index (χ4v) is 4.06. The predicted molar refractivity (Wildman–Crippen MR) is 90.5 cm³/mol. The number of carbonyl (C=O) groups excluding carboxylic acids is 2. The second kappa shape index (κ2) is 5.76. The van der Waals surface area contributed by atoms with Crippen LogP contribution < -0.4 is 5.32 Å². The van der Waals surface area contributed by atoms with Crippen molar-refractivity contribution in [2.24, 2.45) is 17.3 Å². The van der Waals surface area contributed by atoms with Crippen molar-refractivity contribution in [3.8, 4) is 0 Å². The van der Waals surface area contributed by atoms with E-state index in [9.17, 15) is 9.59 Å². The first-order valence-corrected chi connectivity index (χ1v) is 8.78. The van der Waals surface area contributed by atoms with Gasteiger partial charge in [-0.3, -0.25) is 9.59 Å². The molecule has 0 spiro atoms. The molecule has 1 amide bonds. The van der Waals surface area contributed by atoms with Gasteiger partial charge >= 0.3 is 5.97 Å². The van der Waals surface area contributed by atoms with Crippen LogP contribution in [-0.4, -0.2) is 25.0 Å². The van der Waals surface area contributed by atoms with E-state index >= 15 is 0 Å². The Balaban J connectivity index is 1.45. The topological polar surface area (TPSA) is 55.4 Å². The summed E-state index contributed by atoms with van der Waals surface area (Å²) in [5.74, 6) is 0.823. The molecule has 0 aromatic heterocycles. The highest BCUT2D eigenvalue weighted by Crippen LogP contribution is 2.52. The summed E-state index contributed by atoms with van der Waals surface area (Å²) < 4.78 is 5.32. The van der Waals surface area contributed by atoms with E-state index in [1.165, 1.54) is 12.8 Å². The number of hydrogen-bond acceptors (Lipinski definition) is 3. The van der Waals surface area contributed by atoms with Crippen LogP contribution in [0, 0.1) is 17.3 Å². The van der Waals surface area contributed by atoms with E-state index in [0.717, 1.165) is 30.5 Å². The summed E-state index contributed by atoms with van der Waals surface area (Å²) in [7, 11) is 0. The lowest BCUT2D eigenvalue weighted by molar-refractivity contribution is -0.146. The summed E-state index contributed by atoms with van der Waals surface area (Å²) >= 11 is 0. The van der Waals surface area contributed by atoms with Crippen LogP contribution in [-0.2, 0) is 16.0 Å². The van der Waals surface area contributed by atoms with Crippen molar-refractivity contribution in [3.63, 3.8) is 0 Å². The Bertz CT molecular complexity index is 689. The summed E-state index contributed by atoms with van der Waals surface area (Å²) in [5.41, 5.74) is 2.46. The molecule has 1 aromatic rings. The molecule has 4 rings (SSSR count). The SMILES string of the molecule is C=C1CC2COC(=O)C2(Cc2ccc(C(=O)NCC3CC3)cc2)C1. The van der Waals surface area contributed by atoms with Gasteiger partial charge in [-0.15, -0.1) is 0 Å². The Morgan fingerprint density at radius 3 is 2.75 bits per heavy atom. The van der Waals surface area contributed by atoms with Crippen molar-refractivity contribution in [1.29, 1.82) is 0 Å². The minimum atomic E-state index is -0.438. The Morgan fingerprint density at radius 2 is 2.04 bits per heavy atom. The molecule has 1 aliphatic heterocycles. The molecule has 1 saturated heterocycles. The molecule has 1 N–H and O–H groups in total. The average molecular weight is 325 g/mol. The third-order valence-electron chi connectivity index (χ3n) is 5.69. The zero-order valence-corrected chi connectivity index (χ0v) is 13.8. The zero-order valence-electron chi connectivity index (χ0n) is 13.8. The lowest BCUT2D eigenvalue weighted by Crippen LogP contribution is -2.31. The van der Waals surface area contributed by atoms with Crippen LogP contribution in [0.2, 0.25) is 0 Å². The van der Waals surface area contributed by atoms with Gasteiger partial charge in [0.1, 0.15) is 0 Å². The molecule has 0 radical (unpaired) electrons. The van der Waals surface area contributed by atoms with Gasteiger partial charge in [-0.2, -0.15) is 0 Å². The Labute approximate surface area is 142 Å². The third kappa shape index (κ3) is 2.74. The molecule has 0 bridgehead atoms. The number of nitrogens with one attached hydrogen (secondary N) is 1. The zero-order chi connectivity index (χ0) is 16.7. The molecule has 2 unspecified atom stereocenters. The summed E-state index contributed by atoms with van der Waals surface area (Å²) in [6, 6.07) is 7.63. The first-order chi connectivity index (χ1) is 11.6. The standard InChI is InChI=1S/C20H23NO3/c1-13-8-17-12-24-19(23)20(17,9-13)10-14-4-6-16(7-5-14)18(22)21-11-15-2-3-15/h4-7,15,17H,1-3,8-12H2,(H,21,22). The number of esters is 1. The minimum Gasteiger partial charge on any atom is -0.465 e. The van der Waals surface area contributed by atoms with Crippen LogP contribution in [0.5, 0.6) is 0 Å². The lowest BCUT2D eigenvalue weighted by Gasteiger charge is -2.24. The molecular weight excluding hydrogens is 302 g/mol. The number of ether oxygens (including phenoxy) is 1. The van der Waals surface area contributed by atoms with Crippen LogP contribution in [0.3, 0.4) is 0 Å². The number of hydrogen-bond donors (Lipinski definition) is 1. The first-order valence-electron chi connectivity index (χ1n) is 8.78. The van der Waals surface area contributed by atoms with Gasteiger partial charge in [0.15, 0.2) is 0 Å². The summed E-state index contributed by atoms with van der Waals surface area (Å²) in [6.45, 7) is 5.36. The monoisotopic (exact) mass is 325 g/mol. The van der Waals surface area contributed by atoms with Crippen LogP contribution >= 0.6 is 0 Å². The van der Waals surface area contributed by atoms with E-state index in [2.05, 4.69) is 11.9 Å². The van der Waals surface area contributed by atoms with Crippen molar-refractivity contribution >= 4 is 11.9 Å². The number of allylic oxidation sites excluding steroid dienone is 1. The van der Waals surface area contributed by atoms with Gasteiger partial charge in [-0.25, -0.2) is 0 Å². The Morgan fingerprint density at radius 1 is 1.29 bits per heavy atom. The van der Waals surface area contributed by atoms with Crippen molar-refractivity contribution in [1.82, 2.24) is 5.32 Å². The second-order valence-electron chi connectivity index (χ2n) is 7.61. The quantitative estimate of drug-likeness (QED) is 0.669. The van der Waals surface area contributed by atoms with Crippen LogP contribution in [0.15, 0.2) is 36.4 Å². The largest absolute Gasteiger partial charge is 0.465 e. The molecule has 4 nitrogen and oxygen atoms in total. The van der Waals surface area contributed by atoms with Crippen molar-refractivity contribution < 1.29 is 14.3 Å². The highest BCUT2D eigenvalue weighted by Gasteiger charge is 2.55. The number of carbonyl (C=O) groups is 2.